The second-order valence-corrected chi connectivity index (χ2v) is 10.3. The van der Waals surface area contributed by atoms with Crippen LogP contribution in [0.3, 0.4) is 0 Å². The molecule has 10 nitrogen and oxygen atoms in total. The number of rotatable bonds is 11. The molecule has 2 heterocycles. The summed E-state index contributed by atoms with van der Waals surface area (Å²) in [6.07, 6.45) is 6.29. The fourth-order valence-corrected chi connectivity index (χ4v) is 2.94. The van der Waals surface area contributed by atoms with E-state index in [9.17, 15) is 18.0 Å². The third kappa shape index (κ3) is 11.6. The SMILES string of the molecule is CCNCc1c(C)c(C=O)c2cccnn12.CCS(C)(=O)=O.CNC/C(C)=C(/C=C(/C)NC=O)OC. The lowest BCUT2D eigenvalue weighted by atomic mass is 10.1. The first-order chi connectivity index (χ1) is 17.0. The molecule has 0 aliphatic heterocycles. The summed E-state index contributed by atoms with van der Waals surface area (Å²) in [5.74, 6) is 1.01. The summed E-state index contributed by atoms with van der Waals surface area (Å²) in [5, 5.41) is 13.1. The van der Waals surface area contributed by atoms with E-state index in [1.807, 2.05) is 37.5 Å². The Morgan fingerprint density at radius 1 is 1.22 bits per heavy atom. The Labute approximate surface area is 215 Å². The van der Waals surface area contributed by atoms with Crippen LogP contribution in [0.1, 0.15) is 49.3 Å². The zero-order valence-electron chi connectivity index (χ0n) is 22.6. The number of likely N-dealkylation sites (N-methyl/N-ethyl adjacent to an activating group) is 1. The van der Waals surface area contributed by atoms with Gasteiger partial charge in [0.2, 0.25) is 6.41 Å². The highest BCUT2D eigenvalue weighted by Gasteiger charge is 2.14. The van der Waals surface area contributed by atoms with Crippen molar-refractivity contribution in [2.45, 2.75) is 41.2 Å². The highest BCUT2D eigenvalue weighted by Crippen LogP contribution is 2.20. The van der Waals surface area contributed by atoms with Crippen LogP contribution in [0, 0.1) is 6.92 Å². The van der Waals surface area contributed by atoms with Gasteiger partial charge in [0.25, 0.3) is 0 Å². The number of carbonyl (C=O) groups excluding carboxylic acids is 2. The van der Waals surface area contributed by atoms with E-state index in [-0.39, 0.29) is 5.75 Å². The number of hydrogen-bond donors (Lipinski definition) is 3. The lowest BCUT2D eigenvalue weighted by Gasteiger charge is -2.08. The number of methoxy groups -OCH3 is 1. The maximum Gasteiger partial charge on any atom is 0.211 e. The van der Waals surface area contributed by atoms with E-state index in [4.69, 9.17) is 4.74 Å². The summed E-state index contributed by atoms with van der Waals surface area (Å²) >= 11 is 0. The number of sulfone groups is 1. The summed E-state index contributed by atoms with van der Waals surface area (Å²) in [6.45, 7) is 11.8. The molecule has 0 spiro atoms. The van der Waals surface area contributed by atoms with Crippen LogP contribution in [0.5, 0.6) is 0 Å². The molecule has 0 saturated carbocycles. The van der Waals surface area contributed by atoms with E-state index in [1.165, 1.54) is 6.26 Å². The zero-order chi connectivity index (χ0) is 27.7. The summed E-state index contributed by atoms with van der Waals surface area (Å²) < 4.78 is 27.0. The molecule has 2 aromatic heterocycles. The molecule has 0 unspecified atom stereocenters. The zero-order valence-corrected chi connectivity index (χ0v) is 23.5. The largest absolute Gasteiger partial charge is 0.497 e. The van der Waals surface area contributed by atoms with Crippen LogP contribution in [0.25, 0.3) is 5.52 Å². The van der Waals surface area contributed by atoms with Gasteiger partial charge in [0, 0.05) is 42.6 Å². The van der Waals surface area contributed by atoms with Gasteiger partial charge in [-0.25, -0.2) is 12.9 Å². The highest BCUT2D eigenvalue weighted by molar-refractivity contribution is 7.90. The number of nitrogens with one attached hydrogen (secondary N) is 3. The molecule has 0 aliphatic rings. The molecule has 36 heavy (non-hydrogen) atoms. The average Bonchev–Trinajstić information content (AvgIpc) is 3.12. The Hall–Kier alpha value is -3.02. The Kier molecular flexibility index (Phi) is 16.0. The molecule has 0 fully saturated rings. The molecule has 0 bridgehead atoms. The number of ether oxygens (including phenoxy) is 1. The van der Waals surface area contributed by atoms with Crippen LogP contribution in [-0.4, -0.2) is 70.0 Å². The number of amides is 1. The second kappa shape index (κ2) is 17.4. The van der Waals surface area contributed by atoms with Crippen molar-refractivity contribution in [1.82, 2.24) is 25.6 Å². The average molecular weight is 524 g/mol. The maximum atomic E-state index is 11.1. The van der Waals surface area contributed by atoms with Crippen LogP contribution < -0.4 is 16.0 Å². The number of nitrogens with zero attached hydrogens (tertiary/aromatic N) is 2. The summed E-state index contributed by atoms with van der Waals surface area (Å²) in [6, 6.07) is 3.76. The molecule has 0 saturated heterocycles. The molecule has 0 atom stereocenters. The number of hydrogen-bond acceptors (Lipinski definition) is 8. The Morgan fingerprint density at radius 3 is 2.33 bits per heavy atom. The Morgan fingerprint density at radius 2 is 1.86 bits per heavy atom. The predicted octanol–water partition coefficient (Wildman–Crippen LogP) is 2.39. The topological polar surface area (TPSA) is 131 Å². The van der Waals surface area contributed by atoms with Crippen molar-refractivity contribution < 1.29 is 22.7 Å². The monoisotopic (exact) mass is 523 g/mol. The quantitative estimate of drug-likeness (QED) is 0.232. The maximum absolute atomic E-state index is 11.1. The van der Waals surface area contributed by atoms with Crippen LogP contribution in [0.2, 0.25) is 0 Å². The van der Waals surface area contributed by atoms with Crippen molar-refractivity contribution in [2.75, 3.05) is 39.3 Å². The van der Waals surface area contributed by atoms with Crippen LogP contribution in [0.4, 0.5) is 0 Å². The number of fused-ring (bicyclic) bond motifs is 1. The molecule has 2 rings (SSSR count). The summed E-state index contributed by atoms with van der Waals surface area (Å²) in [4.78, 5) is 21.2. The Bertz CT molecular complexity index is 1140. The molecule has 0 aromatic carbocycles. The van der Waals surface area contributed by atoms with E-state index < -0.39 is 9.84 Å². The number of aldehydes is 1. The molecule has 3 N–H and O–H groups in total. The van der Waals surface area contributed by atoms with Gasteiger partial charge in [-0.1, -0.05) is 13.8 Å². The van der Waals surface area contributed by atoms with Crippen molar-refractivity contribution >= 4 is 28.1 Å². The van der Waals surface area contributed by atoms with Crippen molar-refractivity contribution in [2.24, 2.45) is 0 Å². The van der Waals surface area contributed by atoms with Gasteiger partial charge in [0.05, 0.1) is 18.3 Å². The summed E-state index contributed by atoms with van der Waals surface area (Å²) in [5.41, 5.74) is 5.52. The number of aromatic nitrogens is 2. The van der Waals surface area contributed by atoms with Crippen LogP contribution in [-0.2, 0) is 25.9 Å². The minimum absolute atomic E-state index is 0.243. The molecular formula is C25H41N5O5S. The minimum Gasteiger partial charge on any atom is -0.497 e. The van der Waals surface area contributed by atoms with Gasteiger partial charge in [-0.05, 0) is 63.7 Å². The smallest absolute Gasteiger partial charge is 0.211 e. The van der Waals surface area contributed by atoms with Crippen molar-refractivity contribution in [3.8, 4) is 0 Å². The molecule has 202 valence electrons. The summed E-state index contributed by atoms with van der Waals surface area (Å²) in [7, 11) is 0.820. The number of allylic oxidation sites excluding steroid dienone is 2. The van der Waals surface area contributed by atoms with Crippen molar-refractivity contribution in [1.29, 1.82) is 0 Å². The van der Waals surface area contributed by atoms with Gasteiger partial charge < -0.3 is 20.7 Å². The van der Waals surface area contributed by atoms with Gasteiger partial charge in [-0.2, -0.15) is 5.10 Å². The first-order valence-electron chi connectivity index (χ1n) is 11.6. The fraction of sp³-hybridized carbons (Fsp3) is 0.480. The van der Waals surface area contributed by atoms with Crippen molar-refractivity contribution in [3.63, 3.8) is 0 Å². The van der Waals surface area contributed by atoms with Gasteiger partial charge in [-0.15, -0.1) is 0 Å². The van der Waals surface area contributed by atoms with E-state index >= 15 is 0 Å². The lowest BCUT2D eigenvalue weighted by molar-refractivity contribution is -0.108. The standard InChI is InChI=1S/C12H15N3O.C10H18N2O2.C3H8O2S/c1-3-13-7-12-9(2)10(8-16)11-5-4-6-14-15(11)12;1-8(6-11-3)10(14-4)5-9(2)12-7-13;1-3-6(2,4)5/h4-6,8,13H,3,7H2,1-2H3;5,7,11H,6H2,1-4H3,(H,12,13);3H2,1-2H3/b;9-5-,10-8-;. The predicted molar refractivity (Wildman–Crippen MR) is 145 cm³/mol. The van der Waals surface area contributed by atoms with E-state index in [1.54, 1.807) is 33.2 Å². The van der Waals surface area contributed by atoms with E-state index in [2.05, 4.69) is 28.0 Å². The molecule has 11 heteroatoms. The van der Waals surface area contributed by atoms with Gasteiger partial charge in [-0.3, -0.25) is 9.59 Å². The molecule has 1 amide bonds. The van der Waals surface area contributed by atoms with E-state index in [0.29, 0.717) is 6.41 Å². The van der Waals surface area contributed by atoms with Gasteiger partial charge >= 0.3 is 0 Å². The Balaban J connectivity index is 0.000000563. The third-order valence-corrected chi connectivity index (χ3v) is 6.07. The van der Waals surface area contributed by atoms with Gasteiger partial charge in [0.1, 0.15) is 15.6 Å². The fourth-order valence-electron chi connectivity index (χ4n) is 2.94. The number of carbonyl (C=O) groups is 2. The first kappa shape index (κ1) is 33.0. The molecule has 0 aliphatic carbocycles. The molecular weight excluding hydrogens is 482 g/mol. The van der Waals surface area contributed by atoms with Crippen LogP contribution in [0.15, 0.2) is 41.4 Å². The lowest BCUT2D eigenvalue weighted by Crippen LogP contribution is -2.14. The highest BCUT2D eigenvalue weighted by atomic mass is 32.2. The molecule has 2 aromatic rings. The minimum atomic E-state index is -2.66. The normalized spacial score (nSPS) is 11.9. The second-order valence-electron chi connectivity index (χ2n) is 7.89. The molecule has 0 radical (unpaired) electrons. The van der Waals surface area contributed by atoms with Crippen molar-refractivity contribution in [3.05, 3.63) is 58.3 Å². The van der Waals surface area contributed by atoms with E-state index in [0.717, 1.165) is 65.3 Å². The van der Waals surface area contributed by atoms with Crippen LogP contribution >= 0.6 is 0 Å². The third-order valence-electron chi connectivity index (χ3n) is 5.02. The van der Waals surface area contributed by atoms with Gasteiger partial charge in [0.15, 0.2) is 6.29 Å². The first-order valence-corrected chi connectivity index (χ1v) is 13.6.